The molecule has 2 amide bonds. The van der Waals surface area contributed by atoms with Crippen molar-refractivity contribution in [3.8, 4) is 0 Å². The first-order chi connectivity index (χ1) is 11.1. The van der Waals surface area contributed by atoms with E-state index in [9.17, 15) is 22.8 Å². The van der Waals surface area contributed by atoms with Crippen molar-refractivity contribution in [2.45, 2.75) is 58.3 Å². The van der Waals surface area contributed by atoms with Gasteiger partial charge in [-0.05, 0) is 31.4 Å². The van der Waals surface area contributed by atoms with Crippen LogP contribution in [0.15, 0.2) is 10.5 Å². The van der Waals surface area contributed by atoms with Crippen LogP contribution in [-0.2, 0) is 11.2 Å². The predicted octanol–water partition coefficient (Wildman–Crippen LogP) is 2.82. The second kappa shape index (κ2) is 6.86. The molecular formula is C16H21F3N2O3. The molecular weight excluding hydrogens is 325 g/mol. The standard InChI is InChI=1S/C16H21F3N2O3/c1-4-12-9(2)7-13(24-12)15(23)21-8-11(20-10(3)22)5-6-14(21)16(17,18)19/h7,11,14H,4-6,8H2,1-3H3,(H,20,22). The number of nitrogens with one attached hydrogen (secondary N) is 1. The Morgan fingerprint density at radius 2 is 2.04 bits per heavy atom. The Labute approximate surface area is 138 Å². The fourth-order valence-electron chi connectivity index (χ4n) is 3.06. The summed E-state index contributed by atoms with van der Waals surface area (Å²) in [5.41, 5.74) is 0.736. The Hall–Kier alpha value is -1.99. The Bertz CT molecular complexity index is 625. The molecule has 0 aromatic carbocycles. The third-order valence-electron chi connectivity index (χ3n) is 4.18. The van der Waals surface area contributed by atoms with Gasteiger partial charge in [-0.3, -0.25) is 9.59 Å². The van der Waals surface area contributed by atoms with E-state index in [2.05, 4.69) is 5.32 Å². The van der Waals surface area contributed by atoms with E-state index in [1.807, 2.05) is 6.92 Å². The second-order valence-corrected chi connectivity index (χ2v) is 6.06. The zero-order valence-electron chi connectivity index (χ0n) is 13.9. The van der Waals surface area contributed by atoms with Crippen molar-refractivity contribution in [3.05, 3.63) is 23.2 Å². The maximum atomic E-state index is 13.3. The highest BCUT2D eigenvalue weighted by atomic mass is 19.4. The quantitative estimate of drug-likeness (QED) is 0.915. The van der Waals surface area contributed by atoms with Gasteiger partial charge in [-0.2, -0.15) is 13.2 Å². The number of carbonyl (C=O) groups excluding carboxylic acids is 2. The minimum atomic E-state index is -4.52. The van der Waals surface area contributed by atoms with Crippen LogP contribution in [0.25, 0.3) is 0 Å². The lowest BCUT2D eigenvalue weighted by Crippen LogP contribution is -2.58. The van der Waals surface area contributed by atoms with Gasteiger partial charge >= 0.3 is 6.18 Å². The van der Waals surface area contributed by atoms with Crippen molar-refractivity contribution in [2.24, 2.45) is 0 Å². The van der Waals surface area contributed by atoms with Gasteiger partial charge < -0.3 is 14.6 Å². The summed E-state index contributed by atoms with van der Waals surface area (Å²) in [7, 11) is 0. The van der Waals surface area contributed by atoms with Crippen LogP contribution in [0.2, 0.25) is 0 Å². The summed E-state index contributed by atoms with van der Waals surface area (Å²) in [6, 6.07) is -0.895. The van der Waals surface area contributed by atoms with Crippen LogP contribution < -0.4 is 5.32 Å². The number of halogens is 3. The van der Waals surface area contributed by atoms with Crippen molar-refractivity contribution in [2.75, 3.05) is 6.54 Å². The molecule has 2 heterocycles. The fourth-order valence-corrected chi connectivity index (χ4v) is 3.06. The third kappa shape index (κ3) is 3.91. The van der Waals surface area contributed by atoms with Gasteiger partial charge in [-0.1, -0.05) is 6.92 Å². The lowest BCUT2D eigenvalue weighted by atomic mass is 9.97. The van der Waals surface area contributed by atoms with Crippen molar-refractivity contribution >= 4 is 11.8 Å². The molecule has 24 heavy (non-hydrogen) atoms. The Kier molecular flexibility index (Phi) is 5.25. The van der Waals surface area contributed by atoms with Crippen molar-refractivity contribution in [1.29, 1.82) is 0 Å². The van der Waals surface area contributed by atoms with Gasteiger partial charge in [0.05, 0.1) is 0 Å². The molecule has 0 aliphatic carbocycles. The first kappa shape index (κ1) is 18.4. The van der Waals surface area contributed by atoms with E-state index in [0.717, 1.165) is 10.5 Å². The highest BCUT2D eigenvalue weighted by Crippen LogP contribution is 2.33. The maximum Gasteiger partial charge on any atom is 0.408 e. The Balaban J connectivity index is 2.28. The summed E-state index contributed by atoms with van der Waals surface area (Å²) in [5.74, 6) is -0.644. The molecule has 134 valence electrons. The third-order valence-corrected chi connectivity index (χ3v) is 4.18. The summed E-state index contributed by atoms with van der Waals surface area (Å²) < 4.78 is 45.3. The fraction of sp³-hybridized carbons (Fsp3) is 0.625. The van der Waals surface area contributed by atoms with Crippen LogP contribution in [-0.4, -0.2) is 41.5 Å². The first-order valence-corrected chi connectivity index (χ1v) is 7.87. The molecule has 2 unspecified atom stereocenters. The number of rotatable bonds is 3. The average Bonchev–Trinajstić information content (AvgIpc) is 2.85. The normalized spacial score (nSPS) is 21.7. The summed E-state index contributed by atoms with van der Waals surface area (Å²) in [4.78, 5) is 24.5. The number of hydrogen-bond acceptors (Lipinski definition) is 3. The summed E-state index contributed by atoms with van der Waals surface area (Å²) >= 11 is 0. The molecule has 0 radical (unpaired) electrons. The molecule has 1 aromatic heterocycles. The van der Waals surface area contributed by atoms with Crippen LogP contribution in [0.1, 0.15) is 48.6 Å². The minimum absolute atomic E-state index is 0.0953. The monoisotopic (exact) mass is 346 g/mol. The Morgan fingerprint density at radius 3 is 2.54 bits per heavy atom. The molecule has 1 aliphatic heterocycles. The number of alkyl halides is 3. The number of piperidine rings is 1. The van der Waals surface area contributed by atoms with Gasteiger partial charge in [0.1, 0.15) is 11.8 Å². The number of aryl methyl sites for hydroxylation is 2. The van der Waals surface area contributed by atoms with Gasteiger partial charge in [0.2, 0.25) is 5.91 Å². The molecule has 0 spiro atoms. The van der Waals surface area contributed by atoms with E-state index < -0.39 is 24.2 Å². The molecule has 1 saturated heterocycles. The predicted molar refractivity (Wildman–Crippen MR) is 80.5 cm³/mol. The summed E-state index contributed by atoms with van der Waals surface area (Å²) in [6.45, 7) is 4.69. The molecule has 0 bridgehead atoms. The molecule has 0 saturated carbocycles. The number of hydrogen-bond donors (Lipinski definition) is 1. The van der Waals surface area contributed by atoms with E-state index >= 15 is 0 Å². The zero-order chi connectivity index (χ0) is 18.1. The highest BCUT2D eigenvalue weighted by Gasteiger charge is 2.48. The molecule has 1 aliphatic rings. The number of likely N-dealkylation sites (tertiary alicyclic amines) is 1. The number of nitrogens with zero attached hydrogens (tertiary/aromatic N) is 1. The van der Waals surface area contributed by atoms with Crippen molar-refractivity contribution in [3.63, 3.8) is 0 Å². The van der Waals surface area contributed by atoms with Crippen LogP contribution in [0.4, 0.5) is 13.2 Å². The number of carbonyl (C=O) groups is 2. The topological polar surface area (TPSA) is 62.6 Å². The molecule has 1 fully saturated rings. The summed E-state index contributed by atoms with van der Waals surface area (Å²) in [6.07, 6.45) is -4.05. The number of amides is 2. The van der Waals surface area contributed by atoms with Crippen LogP contribution in [0.5, 0.6) is 0 Å². The number of furan rings is 1. The molecule has 2 rings (SSSR count). The minimum Gasteiger partial charge on any atom is -0.456 e. The highest BCUT2D eigenvalue weighted by molar-refractivity contribution is 5.92. The smallest absolute Gasteiger partial charge is 0.408 e. The lowest BCUT2D eigenvalue weighted by molar-refractivity contribution is -0.184. The van der Waals surface area contributed by atoms with Crippen LogP contribution in [0.3, 0.4) is 0 Å². The molecule has 1 N–H and O–H groups in total. The maximum absolute atomic E-state index is 13.3. The van der Waals surface area contributed by atoms with Gasteiger partial charge in [0, 0.05) is 25.9 Å². The van der Waals surface area contributed by atoms with E-state index in [1.54, 1.807) is 6.92 Å². The zero-order valence-corrected chi connectivity index (χ0v) is 13.9. The van der Waals surface area contributed by atoms with E-state index in [4.69, 9.17) is 4.42 Å². The van der Waals surface area contributed by atoms with Crippen molar-refractivity contribution in [1.82, 2.24) is 10.2 Å². The molecule has 2 atom stereocenters. The first-order valence-electron chi connectivity index (χ1n) is 7.87. The molecule has 1 aromatic rings. The van der Waals surface area contributed by atoms with Crippen LogP contribution >= 0.6 is 0 Å². The van der Waals surface area contributed by atoms with E-state index in [-0.39, 0.29) is 31.1 Å². The average molecular weight is 346 g/mol. The Morgan fingerprint density at radius 1 is 1.38 bits per heavy atom. The van der Waals surface area contributed by atoms with E-state index in [0.29, 0.717) is 12.2 Å². The lowest BCUT2D eigenvalue weighted by Gasteiger charge is -2.40. The van der Waals surface area contributed by atoms with Gasteiger partial charge in [0.15, 0.2) is 5.76 Å². The van der Waals surface area contributed by atoms with Gasteiger partial charge in [-0.15, -0.1) is 0 Å². The second-order valence-electron chi connectivity index (χ2n) is 6.06. The molecule has 8 heteroatoms. The van der Waals surface area contributed by atoms with Gasteiger partial charge in [-0.25, -0.2) is 0 Å². The summed E-state index contributed by atoms with van der Waals surface area (Å²) in [5, 5.41) is 2.59. The van der Waals surface area contributed by atoms with Crippen molar-refractivity contribution < 1.29 is 27.2 Å². The van der Waals surface area contributed by atoms with Crippen LogP contribution in [0, 0.1) is 6.92 Å². The van der Waals surface area contributed by atoms with E-state index in [1.165, 1.54) is 13.0 Å². The SMILES string of the molecule is CCc1oc(C(=O)N2CC(NC(C)=O)CCC2C(F)(F)F)cc1C. The molecule has 5 nitrogen and oxygen atoms in total. The largest absolute Gasteiger partial charge is 0.456 e. The van der Waals surface area contributed by atoms with Gasteiger partial charge in [0.25, 0.3) is 5.91 Å².